The highest BCUT2D eigenvalue weighted by Gasteiger charge is 2.23. The van der Waals surface area contributed by atoms with Crippen LogP contribution < -0.4 is 10.5 Å². The summed E-state index contributed by atoms with van der Waals surface area (Å²) in [6.45, 7) is 2.74. The van der Waals surface area contributed by atoms with Crippen molar-refractivity contribution in [3.8, 4) is 0 Å². The van der Waals surface area contributed by atoms with Crippen LogP contribution >= 0.6 is 0 Å². The maximum Gasteiger partial charge on any atom is 0.254 e. The van der Waals surface area contributed by atoms with Gasteiger partial charge < -0.3 is 19.8 Å². The van der Waals surface area contributed by atoms with Crippen LogP contribution in [0.1, 0.15) is 16.8 Å². The number of carbonyl (C=O) groups is 1. The van der Waals surface area contributed by atoms with Gasteiger partial charge in [-0.25, -0.2) is 4.98 Å². The van der Waals surface area contributed by atoms with E-state index in [1.54, 1.807) is 0 Å². The average molecular weight is 387 g/mol. The maximum absolute atomic E-state index is 13.2. The number of anilines is 1. The number of benzene rings is 2. The number of amides is 1. The van der Waals surface area contributed by atoms with E-state index in [1.165, 1.54) is 6.07 Å². The lowest BCUT2D eigenvalue weighted by Crippen LogP contribution is -2.36. The van der Waals surface area contributed by atoms with E-state index in [0.29, 0.717) is 30.7 Å². The minimum atomic E-state index is -0.259. The standard InChI is InChI=1S/C22H21N5O2/c28-20-14-16(15-6-1-2-7-17(15)23-20)21(29)26-10-5-11-27(13-12-26)22-24-18-8-3-4-9-19(18)25-22/h1-4,6-9,14H,5,10-13H2,(H,23,28)(H,24,25). The zero-order valence-corrected chi connectivity index (χ0v) is 15.9. The molecule has 4 aromatic rings. The topological polar surface area (TPSA) is 85.1 Å². The molecule has 2 aromatic heterocycles. The summed E-state index contributed by atoms with van der Waals surface area (Å²) in [5.74, 6) is 0.737. The molecule has 0 aliphatic carbocycles. The molecule has 1 aliphatic heterocycles. The van der Waals surface area contributed by atoms with Crippen molar-refractivity contribution in [3.05, 3.63) is 70.5 Å². The Morgan fingerprint density at radius 3 is 2.55 bits per heavy atom. The van der Waals surface area contributed by atoms with E-state index in [4.69, 9.17) is 0 Å². The van der Waals surface area contributed by atoms with Gasteiger partial charge in [0.05, 0.1) is 16.6 Å². The van der Waals surface area contributed by atoms with Crippen molar-refractivity contribution in [2.75, 3.05) is 31.1 Å². The Hall–Kier alpha value is -3.61. The first kappa shape index (κ1) is 17.5. The minimum absolute atomic E-state index is 0.0984. The van der Waals surface area contributed by atoms with Crippen LogP contribution in [0.2, 0.25) is 0 Å². The normalized spacial score (nSPS) is 15.0. The summed E-state index contributed by atoms with van der Waals surface area (Å²) in [5, 5.41) is 0.774. The highest BCUT2D eigenvalue weighted by atomic mass is 16.2. The van der Waals surface area contributed by atoms with Gasteiger partial charge in [-0.05, 0) is 24.6 Å². The van der Waals surface area contributed by atoms with Crippen molar-refractivity contribution < 1.29 is 4.79 Å². The van der Waals surface area contributed by atoms with E-state index < -0.39 is 0 Å². The lowest BCUT2D eigenvalue weighted by Gasteiger charge is -2.22. The van der Waals surface area contributed by atoms with E-state index in [1.807, 2.05) is 53.4 Å². The molecule has 7 nitrogen and oxygen atoms in total. The molecule has 146 valence electrons. The number of carbonyl (C=O) groups excluding carboxylic acids is 1. The van der Waals surface area contributed by atoms with Crippen molar-refractivity contribution >= 4 is 33.8 Å². The number of aromatic nitrogens is 3. The van der Waals surface area contributed by atoms with Gasteiger partial charge >= 0.3 is 0 Å². The molecule has 0 radical (unpaired) electrons. The molecule has 7 heteroatoms. The molecule has 2 aromatic carbocycles. The van der Waals surface area contributed by atoms with Crippen LogP contribution in [0.15, 0.2) is 59.4 Å². The second-order valence-electron chi connectivity index (χ2n) is 7.30. The van der Waals surface area contributed by atoms with Crippen LogP contribution in [0.25, 0.3) is 21.9 Å². The van der Waals surface area contributed by atoms with Gasteiger partial charge in [0, 0.05) is 43.1 Å². The second-order valence-corrected chi connectivity index (χ2v) is 7.30. The molecule has 1 fully saturated rings. The fraction of sp³-hybridized carbons (Fsp3) is 0.227. The lowest BCUT2D eigenvalue weighted by atomic mass is 10.1. The number of pyridine rings is 1. The third kappa shape index (κ3) is 3.24. The number of rotatable bonds is 2. The molecular formula is C22H21N5O2. The van der Waals surface area contributed by atoms with E-state index in [9.17, 15) is 9.59 Å². The third-order valence-corrected chi connectivity index (χ3v) is 5.44. The first-order chi connectivity index (χ1) is 14.2. The number of imidazole rings is 1. The van der Waals surface area contributed by atoms with Crippen molar-refractivity contribution in [1.82, 2.24) is 19.9 Å². The number of H-pyrrole nitrogens is 2. The third-order valence-electron chi connectivity index (χ3n) is 5.44. The molecule has 0 saturated carbocycles. The summed E-state index contributed by atoms with van der Waals surface area (Å²) < 4.78 is 0. The monoisotopic (exact) mass is 387 g/mol. The van der Waals surface area contributed by atoms with Crippen LogP contribution in [-0.4, -0.2) is 51.9 Å². The molecular weight excluding hydrogens is 366 g/mol. The Labute approximate surface area is 167 Å². The first-order valence-corrected chi connectivity index (χ1v) is 9.80. The largest absolute Gasteiger partial charge is 0.341 e. The summed E-state index contributed by atoms with van der Waals surface area (Å²) in [7, 11) is 0. The van der Waals surface area contributed by atoms with Crippen LogP contribution in [0.3, 0.4) is 0 Å². The average Bonchev–Trinajstić information content (AvgIpc) is 3.02. The van der Waals surface area contributed by atoms with Gasteiger partial charge in [0.25, 0.3) is 5.91 Å². The van der Waals surface area contributed by atoms with Crippen molar-refractivity contribution in [1.29, 1.82) is 0 Å². The summed E-state index contributed by atoms with van der Waals surface area (Å²) in [5.41, 5.74) is 2.83. The molecule has 2 N–H and O–H groups in total. The lowest BCUT2D eigenvalue weighted by molar-refractivity contribution is 0.0768. The molecule has 1 saturated heterocycles. The number of hydrogen-bond donors (Lipinski definition) is 2. The van der Waals surface area contributed by atoms with Gasteiger partial charge in [0.2, 0.25) is 11.5 Å². The number of nitrogens with one attached hydrogen (secondary N) is 2. The summed E-state index contributed by atoms with van der Waals surface area (Å²) in [6.07, 6.45) is 0.837. The van der Waals surface area contributed by atoms with Crippen LogP contribution in [0.5, 0.6) is 0 Å². The van der Waals surface area contributed by atoms with Gasteiger partial charge in [-0.2, -0.15) is 0 Å². The number of fused-ring (bicyclic) bond motifs is 2. The van der Waals surface area contributed by atoms with Crippen molar-refractivity contribution in [2.45, 2.75) is 6.42 Å². The molecule has 1 aliphatic rings. The van der Waals surface area contributed by atoms with E-state index in [2.05, 4.69) is 19.9 Å². The first-order valence-electron chi connectivity index (χ1n) is 9.80. The predicted octanol–water partition coefficient (Wildman–Crippen LogP) is 2.76. The van der Waals surface area contributed by atoms with Crippen LogP contribution in [0.4, 0.5) is 5.95 Å². The Morgan fingerprint density at radius 1 is 0.897 bits per heavy atom. The molecule has 29 heavy (non-hydrogen) atoms. The highest BCUT2D eigenvalue weighted by molar-refractivity contribution is 6.06. The minimum Gasteiger partial charge on any atom is -0.341 e. The summed E-state index contributed by atoms with van der Waals surface area (Å²) >= 11 is 0. The second kappa shape index (κ2) is 7.09. The fourth-order valence-electron chi connectivity index (χ4n) is 3.97. The SMILES string of the molecule is O=C(c1cc(=O)[nH]c2ccccc12)N1CCCN(c2nc3ccccc3[nH]2)CC1. The highest BCUT2D eigenvalue weighted by Crippen LogP contribution is 2.20. The quantitative estimate of drug-likeness (QED) is 0.554. The molecule has 5 rings (SSSR count). The molecule has 1 amide bonds. The molecule has 0 bridgehead atoms. The zero-order valence-electron chi connectivity index (χ0n) is 15.9. The van der Waals surface area contributed by atoms with Crippen molar-refractivity contribution in [3.63, 3.8) is 0 Å². The van der Waals surface area contributed by atoms with Gasteiger partial charge in [0.15, 0.2) is 0 Å². The number of aromatic amines is 2. The molecule has 0 unspecified atom stereocenters. The molecule has 0 spiro atoms. The number of nitrogens with zero attached hydrogens (tertiary/aromatic N) is 3. The Kier molecular flexibility index (Phi) is 4.27. The fourth-order valence-corrected chi connectivity index (χ4v) is 3.97. The van der Waals surface area contributed by atoms with E-state index in [0.717, 1.165) is 35.3 Å². The number of hydrogen-bond acceptors (Lipinski definition) is 4. The van der Waals surface area contributed by atoms with Crippen LogP contribution in [0, 0.1) is 0 Å². The summed E-state index contributed by atoms with van der Waals surface area (Å²) in [6, 6.07) is 16.8. The summed E-state index contributed by atoms with van der Waals surface area (Å²) in [4.78, 5) is 40.1. The number of para-hydroxylation sites is 3. The molecule has 0 atom stereocenters. The van der Waals surface area contributed by atoms with E-state index >= 15 is 0 Å². The Bertz CT molecular complexity index is 1230. The Morgan fingerprint density at radius 2 is 1.69 bits per heavy atom. The zero-order chi connectivity index (χ0) is 19.8. The smallest absolute Gasteiger partial charge is 0.254 e. The predicted molar refractivity (Wildman–Crippen MR) is 113 cm³/mol. The van der Waals surface area contributed by atoms with Crippen LogP contribution in [-0.2, 0) is 0 Å². The maximum atomic E-state index is 13.2. The van der Waals surface area contributed by atoms with Crippen molar-refractivity contribution in [2.24, 2.45) is 0 Å². The van der Waals surface area contributed by atoms with Gasteiger partial charge in [-0.1, -0.05) is 30.3 Å². The van der Waals surface area contributed by atoms with Gasteiger partial charge in [-0.3, -0.25) is 9.59 Å². The Balaban J connectivity index is 1.39. The molecule has 3 heterocycles. The van der Waals surface area contributed by atoms with E-state index in [-0.39, 0.29) is 11.5 Å². The van der Waals surface area contributed by atoms with Gasteiger partial charge in [-0.15, -0.1) is 0 Å². The van der Waals surface area contributed by atoms with Gasteiger partial charge in [0.1, 0.15) is 0 Å².